The number of thiocarbonyl (C=S) groups is 1. The van der Waals surface area contributed by atoms with Crippen molar-refractivity contribution in [1.82, 2.24) is 0 Å². The van der Waals surface area contributed by atoms with Crippen LogP contribution in [0.25, 0.3) is 0 Å². The highest BCUT2D eigenvalue weighted by Gasteiger charge is 2.17. The van der Waals surface area contributed by atoms with Crippen LogP contribution in [0.1, 0.15) is 5.56 Å². The van der Waals surface area contributed by atoms with Crippen molar-refractivity contribution in [2.24, 2.45) is 5.73 Å². The third-order valence-corrected chi connectivity index (χ3v) is 5.82. The summed E-state index contributed by atoms with van der Waals surface area (Å²) < 4.78 is 27.5. The summed E-state index contributed by atoms with van der Waals surface area (Å²) in [4.78, 5) is -0.137. The van der Waals surface area contributed by atoms with Gasteiger partial charge in [-0.05, 0) is 12.1 Å². The van der Waals surface area contributed by atoms with Gasteiger partial charge >= 0.3 is 0 Å². The van der Waals surface area contributed by atoms with Crippen LogP contribution in [0.2, 0.25) is 0 Å². The van der Waals surface area contributed by atoms with Crippen molar-refractivity contribution in [2.45, 2.75) is 5.25 Å². The van der Waals surface area contributed by atoms with Gasteiger partial charge < -0.3 is 11.1 Å². The van der Waals surface area contributed by atoms with Crippen LogP contribution in [0.5, 0.6) is 0 Å². The van der Waals surface area contributed by atoms with E-state index in [2.05, 4.69) is 17.5 Å². The van der Waals surface area contributed by atoms with E-state index in [0.717, 1.165) is 17.3 Å². The molecule has 7 heteroatoms. The molecule has 0 saturated carbocycles. The van der Waals surface area contributed by atoms with Gasteiger partial charge in [-0.3, -0.25) is 0 Å². The lowest BCUT2D eigenvalue weighted by Crippen LogP contribution is -2.24. The molecule has 0 radical (unpaired) electrons. The number of anilines is 1. The summed E-state index contributed by atoms with van der Waals surface area (Å²) in [5.41, 5.74) is 5.43. The van der Waals surface area contributed by atoms with Crippen molar-refractivity contribution in [2.75, 3.05) is 29.1 Å². The molecule has 2 rings (SSSR count). The minimum Gasteiger partial charge on any atom is -0.389 e. The van der Waals surface area contributed by atoms with Crippen LogP contribution in [0.3, 0.4) is 0 Å². The molecular weight excluding hydrogens is 306 g/mol. The number of hydrogen-bond donors (Lipinski definition) is 2. The van der Waals surface area contributed by atoms with Crippen LogP contribution in [0.4, 0.5) is 14.5 Å². The van der Waals surface area contributed by atoms with Crippen molar-refractivity contribution in [3.63, 3.8) is 0 Å². The van der Waals surface area contributed by atoms with Crippen LogP contribution >= 0.6 is 35.7 Å². The second-order valence-corrected chi connectivity index (χ2v) is 7.10. The van der Waals surface area contributed by atoms with E-state index < -0.39 is 11.6 Å². The molecule has 0 spiro atoms. The lowest BCUT2D eigenvalue weighted by molar-refractivity contribution is 0.509. The van der Waals surface area contributed by atoms with Crippen LogP contribution in [0.15, 0.2) is 12.1 Å². The highest BCUT2D eigenvalue weighted by molar-refractivity contribution is 8.06. The van der Waals surface area contributed by atoms with Crippen molar-refractivity contribution >= 4 is 46.4 Å². The van der Waals surface area contributed by atoms with Crippen molar-refractivity contribution in [3.8, 4) is 0 Å². The molecule has 2 nitrogen and oxygen atoms in total. The van der Waals surface area contributed by atoms with Gasteiger partial charge in [0.1, 0.15) is 4.99 Å². The van der Waals surface area contributed by atoms with Gasteiger partial charge in [-0.2, -0.15) is 23.5 Å². The average molecular weight is 320 g/mol. The first-order chi connectivity index (χ1) is 9.09. The second-order valence-electron chi connectivity index (χ2n) is 4.10. The van der Waals surface area contributed by atoms with Crippen LogP contribution in [-0.2, 0) is 0 Å². The fourth-order valence-corrected chi connectivity index (χ4v) is 4.52. The summed E-state index contributed by atoms with van der Waals surface area (Å²) in [6, 6.07) is 2.89. The lowest BCUT2D eigenvalue weighted by atomic mass is 10.1. The Morgan fingerprint density at radius 2 is 2.16 bits per heavy atom. The molecule has 1 heterocycles. The quantitative estimate of drug-likeness (QED) is 0.835. The van der Waals surface area contributed by atoms with E-state index >= 15 is 0 Å². The Balaban J connectivity index is 2.04. The Morgan fingerprint density at radius 3 is 2.79 bits per heavy atom. The largest absolute Gasteiger partial charge is 0.389 e. The predicted molar refractivity (Wildman–Crippen MR) is 84.3 cm³/mol. The summed E-state index contributed by atoms with van der Waals surface area (Å²) in [7, 11) is 0. The first-order valence-corrected chi connectivity index (χ1v) is 8.41. The third kappa shape index (κ3) is 3.73. The van der Waals surface area contributed by atoms with Crippen LogP contribution < -0.4 is 11.1 Å². The number of halogens is 2. The number of rotatable bonds is 4. The summed E-state index contributed by atoms with van der Waals surface area (Å²) in [6.07, 6.45) is 0. The summed E-state index contributed by atoms with van der Waals surface area (Å²) in [5.74, 6) is 1.40. The molecule has 1 aromatic rings. The smallest absolute Gasteiger partial charge is 0.182 e. The van der Waals surface area contributed by atoms with Gasteiger partial charge in [0.15, 0.2) is 11.6 Å². The average Bonchev–Trinajstić information content (AvgIpc) is 2.41. The molecule has 1 fully saturated rings. The van der Waals surface area contributed by atoms with Gasteiger partial charge in [0.25, 0.3) is 0 Å². The maximum Gasteiger partial charge on any atom is 0.182 e. The number of nitrogens with two attached hydrogens (primary N) is 1. The maximum atomic E-state index is 13.8. The molecular formula is C12H14F2N2S3. The Kier molecular flexibility index (Phi) is 5.29. The van der Waals surface area contributed by atoms with Gasteiger partial charge in [-0.15, -0.1) is 0 Å². The minimum atomic E-state index is -0.983. The van der Waals surface area contributed by atoms with Gasteiger partial charge in [0, 0.05) is 34.6 Å². The Hall–Kier alpha value is -0.530. The fraction of sp³-hybridized carbons (Fsp3) is 0.417. The molecule has 0 bridgehead atoms. The van der Waals surface area contributed by atoms with Gasteiger partial charge in [0.2, 0.25) is 0 Å². The standard InChI is InChI=1S/C12H14F2N2S3/c13-10-8(12(15)17)1-2-9(11(10)14)16-5-7-6-18-3-4-19-7/h1-2,7,16H,3-6H2,(H2,15,17). The Bertz CT molecular complexity index is 476. The molecule has 1 atom stereocenters. The molecule has 3 N–H and O–H groups in total. The molecule has 1 saturated heterocycles. The number of hydrogen-bond acceptors (Lipinski definition) is 4. The third-order valence-electron chi connectivity index (χ3n) is 2.75. The monoisotopic (exact) mass is 320 g/mol. The Labute approximate surface area is 124 Å². The number of thioether (sulfide) groups is 2. The van der Waals surface area contributed by atoms with Crippen molar-refractivity contribution in [3.05, 3.63) is 29.3 Å². The molecule has 104 valence electrons. The van der Waals surface area contributed by atoms with Crippen LogP contribution in [0, 0.1) is 11.6 Å². The summed E-state index contributed by atoms with van der Waals surface area (Å²) in [5, 5.41) is 3.38. The molecule has 0 aromatic heterocycles. The van der Waals surface area contributed by atoms with E-state index in [1.807, 2.05) is 23.5 Å². The molecule has 1 aromatic carbocycles. The molecule has 19 heavy (non-hydrogen) atoms. The van der Waals surface area contributed by atoms with E-state index in [4.69, 9.17) is 5.73 Å². The van der Waals surface area contributed by atoms with E-state index in [1.165, 1.54) is 12.1 Å². The highest BCUT2D eigenvalue weighted by Crippen LogP contribution is 2.26. The molecule has 0 aliphatic carbocycles. The second kappa shape index (κ2) is 6.76. The zero-order valence-electron chi connectivity index (χ0n) is 10.1. The number of benzene rings is 1. The normalized spacial score (nSPS) is 19.2. The van der Waals surface area contributed by atoms with Crippen molar-refractivity contribution < 1.29 is 8.78 Å². The van der Waals surface area contributed by atoms with Gasteiger partial charge in [-0.1, -0.05) is 12.2 Å². The van der Waals surface area contributed by atoms with E-state index in [0.29, 0.717) is 11.8 Å². The van der Waals surface area contributed by atoms with Crippen molar-refractivity contribution in [1.29, 1.82) is 0 Å². The predicted octanol–water partition coefficient (Wildman–Crippen LogP) is 2.86. The van der Waals surface area contributed by atoms with E-state index in [1.54, 1.807) is 0 Å². The molecule has 0 amide bonds. The summed E-state index contributed by atoms with van der Waals surface area (Å²) in [6.45, 7) is 0.625. The fourth-order valence-electron chi connectivity index (χ4n) is 1.75. The number of nitrogens with one attached hydrogen (secondary N) is 1. The topological polar surface area (TPSA) is 38.0 Å². The highest BCUT2D eigenvalue weighted by atomic mass is 32.2. The first-order valence-electron chi connectivity index (χ1n) is 5.80. The zero-order chi connectivity index (χ0) is 13.8. The Morgan fingerprint density at radius 1 is 1.37 bits per heavy atom. The van der Waals surface area contributed by atoms with Crippen LogP contribution in [-0.4, -0.2) is 34.0 Å². The maximum absolute atomic E-state index is 13.8. The van der Waals surface area contributed by atoms with Gasteiger partial charge in [0.05, 0.1) is 5.69 Å². The zero-order valence-corrected chi connectivity index (χ0v) is 12.6. The molecule has 1 unspecified atom stereocenters. The SMILES string of the molecule is NC(=S)c1ccc(NCC2CSCCS2)c(F)c1F. The molecule has 1 aliphatic rings. The summed E-state index contributed by atoms with van der Waals surface area (Å²) >= 11 is 8.41. The minimum absolute atomic E-state index is 0.0550. The first kappa shape index (κ1) is 14.9. The van der Waals surface area contributed by atoms with E-state index in [9.17, 15) is 8.78 Å². The molecule has 1 aliphatic heterocycles. The van der Waals surface area contributed by atoms with E-state index in [-0.39, 0.29) is 16.2 Å². The van der Waals surface area contributed by atoms with Gasteiger partial charge in [-0.25, -0.2) is 8.78 Å². The lowest BCUT2D eigenvalue weighted by Gasteiger charge is -2.22.